The summed E-state index contributed by atoms with van der Waals surface area (Å²) in [6.45, 7) is 2.25. The molecule has 0 fully saturated rings. The Morgan fingerprint density at radius 2 is 1.39 bits per heavy atom. The van der Waals surface area contributed by atoms with Crippen molar-refractivity contribution < 1.29 is 24.2 Å². The Hall–Kier alpha value is -1.16. The molecule has 0 aliphatic rings. The maximum Gasteiger partial charge on any atom is 0.339 e. The molecular formula is C23H42O5. The highest BCUT2D eigenvalue weighted by Gasteiger charge is 2.46. The first-order chi connectivity index (χ1) is 13.6. The minimum absolute atomic E-state index is 0.0424. The molecule has 5 nitrogen and oxygen atoms in total. The third kappa shape index (κ3) is 11.0. The number of ether oxygens (including phenoxy) is 2. The van der Waals surface area contributed by atoms with Crippen LogP contribution in [0, 0.1) is 0 Å². The summed E-state index contributed by atoms with van der Waals surface area (Å²) in [4.78, 5) is 22.3. The van der Waals surface area contributed by atoms with Crippen LogP contribution in [0.2, 0.25) is 0 Å². The number of aliphatic carboxylic acids is 1. The molecule has 0 radical (unpaired) electrons. The van der Waals surface area contributed by atoms with Crippen LogP contribution in [-0.4, -0.2) is 42.9 Å². The highest BCUT2D eigenvalue weighted by Crippen LogP contribution is 2.27. The molecule has 0 spiro atoms. The smallest absolute Gasteiger partial charge is 0.339 e. The third-order valence-corrected chi connectivity index (χ3v) is 5.59. The van der Waals surface area contributed by atoms with Gasteiger partial charge >= 0.3 is 5.97 Å². The van der Waals surface area contributed by atoms with Crippen molar-refractivity contribution >= 4 is 11.9 Å². The van der Waals surface area contributed by atoms with Gasteiger partial charge in [0, 0.05) is 26.7 Å². The Balaban J connectivity index is 3.94. The van der Waals surface area contributed by atoms with Gasteiger partial charge in [0.15, 0.2) is 5.60 Å². The van der Waals surface area contributed by atoms with Gasteiger partial charge in [-0.25, -0.2) is 9.59 Å². The van der Waals surface area contributed by atoms with Crippen LogP contribution in [0.15, 0.2) is 6.08 Å². The van der Waals surface area contributed by atoms with E-state index in [4.69, 9.17) is 9.47 Å². The van der Waals surface area contributed by atoms with Crippen LogP contribution >= 0.6 is 0 Å². The molecule has 0 heterocycles. The van der Waals surface area contributed by atoms with Gasteiger partial charge in [-0.15, -0.1) is 0 Å². The van der Waals surface area contributed by atoms with E-state index in [9.17, 15) is 14.7 Å². The molecule has 2 unspecified atom stereocenters. The van der Waals surface area contributed by atoms with E-state index in [1.807, 2.05) is 0 Å². The summed E-state index contributed by atoms with van der Waals surface area (Å²) in [7, 11) is 2.84. The highest BCUT2D eigenvalue weighted by atomic mass is 16.6. The fourth-order valence-electron chi connectivity index (χ4n) is 3.74. The van der Waals surface area contributed by atoms with Crippen LogP contribution in [0.4, 0.5) is 0 Å². The molecule has 2 atom stereocenters. The number of carbonyl (C=O) groups excluding carboxylic acids is 1. The largest absolute Gasteiger partial charge is 0.479 e. The van der Waals surface area contributed by atoms with Gasteiger partial charge in [-0.3, -0.25) is 0 Å². The maximum atomic E-state index is 11.7. The maximum absolute atomic E-state index is 11.7. The van der Waals surface area contributed by atoms with Gasteiger partial charge in [-0.1, -0.05) is 90.4 Å². The number of hydrogen-bond donors (Lipinski definition) is 1. The van der Waals surface area contributed by atoms with Gasteiger partial charge in [-0.05, 0) is 6.42 Å². The summed E-state index contributed by atoms with van der Waals surface area (Å²) in [5.41, 5.74) is -1.52. The molecule has 0 aromatic heterocycles. The SMILES string of the molecule is CCCCCCCCCCCCCCCC(OC)C(CC=C=O)(OC)C(=O)O. The number of hydrogen-bond acceptors (Lipinski definition) is 4. The molecule has 0 aliphatic carbocycles. The van der Waals surface area contributed by atoms with Crippen LogP contribution in [0.3, 0.4) is 0 Å². The zero-order valence-corrected chi connectivity index (χ0v) is 18.3. The van der Waals surface area contributed by atoms with Gasteiger partial charge in [0.1, 0.15) is 5.94 Å². The second-order valence-electron chi connectivity index (χ2n) is 7.68. The van der Waals surface area contributed by atoms with Crippen molar-refractivity contribution in [3.63, 3.8) is 0 Å². The molecule has 0 saturated heterocycles. The highest BCUT2D eigenvalue weighted by molar-refractivity contribution is 5.79. The number of rotatable bonds is 20. The third-order valence-electron chi connectivity index (χ3n) is 5.59. The van der Waals surface area contributed by atoms with Gasteiger partial charge in [-0.2, -0.15) is 0 Å². The first kappa shape index (κ1) is 26.8. The molecule has 0 aliphatic heterocycles. The first-order valence-electron chi connectivity index (χ1n) is 11.1. The molecule has 0 rings (SSSR count). The van der Waals surface area contributed by atoms with Gasteiger partial charge in [0.05, 0.1) is 6.10 Å². The summed E-state index contributed by atoms with van der Waals surface area (Å²) in [5.74, 6) is 0.526. The van der Waals surface area contributed by atoms with E-state index in [-0.39, 0.29) is 6.42 Å². The van der Waals surface area contributed by atoms with Gasteiger partial charge in [0.2, 0.25) is 0 Å². The van der Waals surface area contributed by atoms with E-state index >= 15 is 0 Å². The predicted octanol–water partition coefficient (Wildman–Crippen LogP) is 5.73. The van der Waals surface area contributed by atoms with Crippen molar-refractivity contribution in [2.45, 2.75) is 115 Å². The van der Waals surface area contributed by atoms with Gasteiger partial charge in [0.25, 0.3) is 0 Å². The van der Waals surface area contributed by atoms with Crippen molar-refractivity contribution in [1.29, 1.82) is 0 Å². The van der Waals surface area contributed by atoms with Crippen molar-refractivity contribution in [3.05, 3.63) is 6.08 Å². The lowest BCUT2D eigenvalue weighted by Crippen LogP contribution is -2.51. The molecule has 0 saturated carbocycles. The summed E-state index contributed by atoms with van der Waals surface area (Å²) in [6.07, 6.45) is 17.6. The van der Waals surface area contributed by atoms with Crippen LogP contribution in [0.1, 0.15) is 103 Å². The zero-order chi connectivity index (χ0) is 21.1. The minimum Gasteiger partial charge on any atom is -0.479 e. The molecule has 0 bridgehead atoms. The van der Waals surface area contributed by atoms with Crippen LogP contribution in [0.5, 0.6) is 0 Å². The fraction of sp³-hybridized carbons (Fsp3) is 0.870. The molecule has 1 N–H and O–H groups in total. The Morgan fingerprint density at radius 1 is 0.929 bits per heavy atom. The quantitative estimate of drug-likeness (QED) is 0.209. The number of carbonyl (C=O) groups is 1. The Kier molecular flexibility index (Phi) is 17.2. The molecule has 0 aromatic carbocycles. The summed E-state index contributed by atoms with van der Waals surface area (Å²) < 4.78 is 10.7. The molecular weight excluding hydrogens is 356 g/mol. The topological polar surface area (TPSA) is 72.8 Å². The number of carboxylic acids is 1. The zero-order valence-electron chi connectivity index (χ0n) is 18.3. The molecule has 28 heavy (non-hydrogen) atoms. The minimum atomic E-state index is -1.52. The standard InChI is InChI=1S/C23H42O5/c1-4-5-6-7-8-9-10-11-12-13-14-15-16-18-21(27-2)23(28-3,22(25)26)19-17-20-24/h17,21H,4-16,18-19H2,1-3H3,(H,25,26). The summed E-state index contributed by atoms with van der Waals surface area (Å²) in [5, 5.41) is 9.60. The van der Waals surface area contributed by atoms with E-state index in [2.05, 4.69) is 6.92 Å². The Labute approximate surface area is 171 Å². The first-order valence-corrected chi connectivity index (χ1v) is 11.1. The van der Waals surface area contributed by atoms with Crippen molar-refractivity contribution in [3.8, 4) is 0 Å². The normalized spacial score (nSPS) is 14.2. The average molecular weight is 399 g/mol. The van der Waals surface area contributed by atoms with E-state index in [0.717, 1.165) is 25.3 Å². The van der Waals surface area contributed by atoms with E-state index < -0.39 is 17.7 Å². The van der Waals surface area contributed by atoms with E-state index in [0.29, 0.717) is 6.42 Å². The lowest BCUT2D eigenvalue weighted by molar-refractivity contribution is -0.181. The molecule has 0 amide bonds. The second kappa shape index (κ2) is 17.9. The number of methoxy groups -OCH3 is 2. The summed E-state index contributed by atoms with van der Waals surface area (Å²) in [6, 6.07) is 0. The Bertz CT molecular complexity index is 431. The molecule has 164 valence electrons. The van der Waals surface area contributed by atoms with Crippen LogP contribution in [-0.2, 0) is 19.1 Å². The van der Waals surface area contributed by atoms with Crippen molar-refractivity contribution in [2.24, 2.45) is 0 Å². The average Bonchev–Trinajstić information content (AvgIpc) is 2.70. The van der Waals surface area contributed by atoms with E-state index in [1.165, 1.54) is 78.4 Å². The van der Waals surface area contributed by atoms with Crippen LogP contribution < -0.4 is 0 Å². The van der Waals surface area contributed by atoms with E-state index in [1.54, 1.807) is 5.94 Å². The van der Waals surface area contributed by atoms with Gasteiger partial charge < -0.3 is 14.6 Å². The lowest BCUT2D eigenvalue weighted by atomic mass is 9.88. The van der Waals surface area contributed by atoms with Crippen LogP contribution in [0.25, 0.3) is 0 Å². The lowest BCUT2D eigenvalue weighted by Gasteiger charge is -2.34. The molecule has 0 aromatic rings. The summed E-state index contributed by atoms with van der Waals surface area (Å²) >= 11 is 0. The van der Waals surface area contributed by atoms with Crippen molar-refractivity contribution in [2.75, 3.05) is 14.2 Å². The number of carboxylic acid groups (broad SMARTS) is 1. The monoisotopic (exact) mass is 398 g/mol. The predicted molar refractivity (Wildman–Crippen MR) is 113 cm³/mol. The second-order valence-corrected chi connectivity index (χ2v) is 7.68. The van der Waals surface area contributed by atoms with Crippen molar-refractivity contribution in [1.82, 2.24) is 0 Å². The Morgan fingerprint density at radius 3 is 1.75 bits per heavy atom. The fourth-order valence-corrected chi connectivity index (χ4v) is 3.74. The number of unbranched alkanes of at least 4 members (excludes halogenated alkanes) is 12. The molecule has 5 heteroatoms.